The zero-order valence-electron chi connectivity index (χ0n) is 21.1. The van der Waals surface area contributed by atoms with E-state index in [4.69, 9.17) is 0 Å². The fraction of sp³-hybridized carbons (Fsp3) is 0.462. The molecule has 9 heteroatoms. The van der Waals surface area contributed by atoms with Crippen LogP contribution in [-0.4, -0.2) is 50.5 Å². The van der Waals surface area contributed by atoms with Gasteiger partial charge in [-0.1, -0.05) is 57.5 Å². The number of amides is 2. The fourth-order valence-corrected chi connectivity index (χ4v) is 4.42. The van der Waals surface area contributed by atoms with E-state index in [-0.39, 0.29) is 23.9 Å². The van der Waals surface area contributed by atoms with Crippen LogP contribution < -0.4 is 9.62 Å². The first-order valence-electron chi connectivity index (χ1n) is 11.8. The molecule has 0 aliphatic carbocycles. The summed E-state index contributed by atoms with van der Waals surface area (Å²) in [7, 11) is -3.81. The third-order valence-corrected chi connectivity index (χ3v) is 6.96. The van der Waals surface area contributed by atoms with E-state index in [0.717, 1.165) is 29.0 Å². The number of rotatable bonds is 12. The number of benzene rings is 2. The van der Waals surface area contributed by atoms with Gasteiger partial charge in [0.1, 0.15) is 18.4 Å². The van der Waals surface area contributed by atoms with Gasteiger partial charge in [0.05, 0.1) is 11.9 Å². The Hall–Kier alpha value is -2.94. The summed E-state index contributed by atoms with van der Waals surface area (Å²) in [4.78, 5) is 27.4. The summed E-state index contributed by atoms with van der Waals surface area (Å²) in [6, 6.07) is 12.0. The Morgan fingerprint density at radius 1 is 1.03 bits per heavy atom. The molecule has 0 heterocycles. The topological polar surface area (TPSA) is 86.8 Å². The van der Waals surface area contributed by atoms with Crippen molar-refractivity contribution in [3.05, 3.63) is 65.5 Å². The molecule has 2 aromatic rings. The van der Waals surface area contributed by atoms with Gasteiger partial charge in [0.2, 0.25) is 21.8 Å². The Morgan fingerprint density at radius 3 is 2.20 bits per heavy atom. The van der Waals surface area contributed by atoms with Gasteiger partial charge < -0.3 is 10.2 Å². The maximum absolute atomic E-state index is 14.4. The number of hydrogen-bond acceptors (Lipinski definition) is 4. The van der Waals surface area contributed by atoms with Gasteiger partial charge in [-0.15, -0.1) is 0 Å². The number of carbonyl (C=O) groups is 2. The molecule has 1 N–H and O–H groups in total. The Labute approximate surface area is 208 Å². The Morgan fingerprint density at radius 2 is 1.66 bits per heavy atom. The zero-order valence-corrected chi connectivity index (χ0v) is 21.9. The normalized spacial score (nSPS) is 12.3. The van der Waals surface area contributed by atoms with E-state index in [1.165, 1.54) is 23.1 Å². The second kappa shape index (κ2) is 12.7. The van der Waals surface area contributed by atoms with E-state index in [0.29, 0.717) is 12.2 Å². The highest BCUT2D eigenvalue weighted by Crippen LogP contribution is 2.23. The van der Waals surface area contributed by atoms with Crippen molar-refractivity contribution >= 4 is 27.5 Å². The molecule has 7 nitrogen and oxygen atoms in total. The van der Waals surface area contributed by atoms with E-state index in [1.54, 1.807) is 25.1 Å². The van der Waals surface area contributed by atoms with Gasteiger partial charge >= 0.3 is 0 Å². The molecule has 0 unspecified atom stereocenters. The smallest absolute Gasteiger partial charge is 0.244 e. The number of carbonyl (C=O) groups excluding carboxylic acids is 2. The Balaban J connectivity index is 2.36. The molecular formula is C26H36FN3O4S. The first-order chi connectivity index (χ1) is 16.5. The summed E-state index contributed by atoms with van der Waals surface area (Å²) in [5.74, 6) is -1.23. The van der Waals surface area contributed by atoms with Crippen molar-refractivity contribution in [2.75, 3.05) is 23.7 Å². The highest BCUT2D eigenvalue weighted by atomic mass is 32.2. The molecular weight excluding hydrogens is 469 g/mol. The summed E-state index contributed by atoms with van der Waals surface area (Å²) in [6.45, 7) is 7.39. The standard InChI is InChI=1S/C26H36FN3O4S/c1-6-7-16-28-26(32)20(4)29(17-22-10-8-9-11-24(22)27)25(31)18-30(35(5,33)34)23-14-12-21(13-15-23)19(2)3/h8-15,19-20H,6-7,16-18H2,1-5H3,(H,28,32)/t20-/m0/s1. The lowest BCUT2D eigenvalue weighted by Gasteiger charge is -2.31. The third kappa shape index (κ3) is 8.06. The second-order valence-electron chi connectivity index (χ2n) is 8.95. The number of nitrogens with zero attached hydrogens (tertiary/aromatic N) is 2. The van der Waals surface area contributed by atoms with Crippen LogP contribution >= 0.6 is 0 Å². The number of halogens is 1. The largest absolute Gasteiger partial charge is 0.354 e. The highest BCUT2D eigenvalue weighted by molar-refractivity contribution is 7.92. The van der Waals surface area contributed by atoms with E-state index in [1.807, 2.05) is 32.9 Å². The molecule has 0 saturated heterocycles. The minimum absolute atomic E-state index is 0.169. The molecule has 0 aliphatic rings. The van der Waals surface area contributed by atoms with Gasteiger partial charge in [0, 0.05) is 18.7 Å². The predicted octanol–water partition coefficient (Wildman–Crippen LogP) is 4.05. The predicted molar refractivity (Wildman–Crippen MR) is 137 cm³/mol. The summed E-state index contributed by atoms with van der Waals surface area (Å²) in [6.07, 6.45) is 2.71. The van der Waals surface area contributed by atoms with Gasteiger partial charge in [-0.05, 0) is 43.0 Å². The van der Waals surface area contributed by atoms with Crippen LogP contribution in [0.2, 0.25) is 0 Å². The molecule has 35 heavy (non-hydrogen) atoms. The molecule has 2 amide bonds. The Kier molecular flexibility index (Phi) is 10.2. The number of anilines is 1. The molecule has 1 atom stereocenters. The lowest BCUT2D eigenvalue weighted by Crippen LogP contribution is -2.51. The second-order valence-corrected chi connectivity index (χ2v) is 10.9. The van der Waals surface area contributed by atoms with Crippen molar-refractivity contribution in [1.82, 2.24) is 10.2 Å². The van der Waals surface area contributed by atoms with E-state index < -0.39 is 34.3 Å². The summed E-state index contributed by atoms with van der Waals surface area (Å²) in [5, 5.41) is 2.79. The molecule has 0 saturated carbocycles. The van der Waals surface area contributed by atoms with E-state index in [2.05, 4.69) is 5.32 Å². The SMILES string of the molecule is CCCCNC(=O)[C@H](C)N(Cc1ccccc1F)C(=O)CN(c1ccc(C(C)C)cc1)S(C)(=O)=O. The summed E-state index contributed by atoms with van der Waals surface area (Å²) >= 11 is 0. The molecule has 0 spiro atoms. The van der Waals surface area contributed by atoms with E-state index >= 15 is 0 Å². The maximum Gasteiger partial charge on any atom is 0.244 e. The van der Waals surface area contributed by atoms with Gasteiger partial charge in [0.25, 0.3) is 0 Å². The number of nitrogens with one attached hydrogen (secondary N) is 1. The molecule has 0 aromatic heterocycles. The molecule has 0 aliphatic heterocycles. The number of sulfonamides is 1. The van der Waals surface area contributed by atoms with E-state index in [9.17, 15) is 22.4 Å². The van der Waals surface area contributed by atoms with Crippen LogP contribution in [0.15, 0.2) is 48.5 Å². The fourth-order valence-electron chi connectivity index (χ4n) is 3.57. The molecule has 0 bridgehead atoms. The average Bonchev–Trinajstić information content (AvgIpc) is 2.81. The summed E-state index contributed by atoms with van der Waals surface area (Å²) in [5.41, 5.74) is 1.62. The lowest BCUT2D eigenvalue weighted by molar-refractivity contribution is -0.139. The van der Waals surface area contributed by atoms with Crippen molar-refractivity contribution in [2.45, 2.75) is 59.0 Å². The third-order valence-electron chi connectivity index (χ3n) is 5.82. The molecule has 2 rings (SSSR count). The lowest BCUT2D eigenvalue weighted by atomic mass is 10.0. The monoisotopic (exact) mass is 505 g/mol. The van der Waals surface area contributed by atoms with Crippen molar-refractivity contribution in [3.8, 4) is 0 Å². The highest BCUT2D eigenvalue weighted by Gasteiger charge is 2.30. The van der Waals surface area contributed by atoms with Gasteiger partial charge in [0.15, 0.2) is 0 Å². The minimum atomic E-state index is -3.81. The van der Waals surface area contributed by atoms with Gasteiger partial charge in [-0.25, -0.2) is 12.8 Å². The molecule has 0 radical (unpaired) electrons. The maximum atomic E-state index is 14.4. The first kappa shape index (κ1) is 28.3. The average molecular weight is 506 g/mol. The summed E-state index contributed by atoms with van der Waals surface area (Å²) < 4.78 is 40.6. The quantitative estimate of drug-likeness (QED) is 0.441. The van der Waals surface area contributed by atoms with Gasteiger partial charge in [-0.2, -0.15) is 0 Å². The van der Waals surface area contributed by atoms with Crippen LogP contribution in [0, 0.1) is 5.82 Å². The Bertz CT molecular complexity index is 1100. The van der Waals surface area contributed by atoms with Crippen LogP contribution in [-0.2, 0) is 26.2 Å². The van der Waals surface area contributed by atoms with Crippen molar-refractivity contribution < 1.29 is 22.4 Å². The van der Waals surface area contributed by atoms with Crippen molar-refractivity contribution in [2.24, 2.45) is 0 Å². The van der Waals surface area contributed by atoms with Crippen LogP contribution in [0.1, 0.15) is 57.6 Å². The van der Waals surface area contributed by atoms with Gasteiger partial charge in [-0.3, -0.25) is 13.9 Å². The van der Waals surface area contributed by atoms with Crippen molar-refractivity contribution in [1.29, 1.82) is 0 Å². The molecule has 2 aromatic carbocycles. The van der Waals surface area contributed by atoms with Crippen LogP contribution in [0.3, 0.4) is 0 Å². The molecule has 0 fully saturated rings. The van der Waals surface area contributed by atoms with Crippen molar-refractivity contribution in [3.63, 3.8) is 0 Å². The van der Waals surface area contributed by atoms with Crippen LogP contribution in [0.5, 0.6) is 0 Å². The minimum Gasteiger partial charge on any atom is -0.354 e. The number of unbranched alkanes of at least 4 members (excludes halogenated alkanes) is 1. The molecule has 192 valence electrons. The van der Waals surface area contributed by atoms with Crippen LogP contribution in [0.25, 0.3) is 0 Å². The zero-order chi connectivity index (χ0) is 26.2. The first-order valence-corrected chi connectivity index (χ1v) is 13.7. The number of hydrogen-bond donors (Lipinski definition) is 1. The van der Waals surface area contributed by atoms with Crippen LogP contribution in [0.4, 0.5) is 10.1 Å².